The van der Waals surface area contributed by atoms with Crippen molar-refractivity contribution in [2.75, 3.05) is 19.0 Å². The number of aromatic amines is 1. The van der Waals surface area contributed by atoms with Crippen molar-refractivity contribution >= 4 is 35.0 Å². The Balaban J connectivity index is 0.000000247. The lowest BCUT2D eigenvalue weighted by atomic mass is 9.88. The van der Waals surface area contributed by atoms with Crippen LogP contribution in [0.15, 0.2) is 18.5 Å². The van der Waals surface area contributed by atoms with Gasteiger partial charge < -0.3 is 26.1 Å². The lowest BCUT2D eigenvalue weighted by Gasteiger charge is -2.22. The first kappa shape index (κ1) is 28.2. The number of methoxy groups -OCH3 is 1. The van der Waals surface area contributed by atoms with Crippen molar-refractivity contribution in [2.24, 2.45) is 11.7 Å². The van der Waals surface area contributed by atoms with Crippen LogP contribution in [0.1, 0.15) is 66.9 Å². The SMILES string of the molecule is COC(C)(C)CNC(=O)c1[nH]cnc1C(N)=O.O=C(Nc1cc(F)c(F)cc1Cl)C1CCCCC1. The molecular formula is C23H30ClF2N5O4. The average molecular weight is 514 g/mol. The molecule has 3 amide bonds. The number of nitrogens with two attached hydrogens (primary N) is 1. The monoisotopic (exact) mass is 513 g/mol. The fraction of sp³-hybridized carbons (Fsp3) is 0.478. The Morgan fingerprint density at radius 1 is 1.20 bits per heavy atom. The molecule has 1 heterocycles. The number of carbonyl (C=O) groups is 3. The highest BCUT2D eigenvalue weighted by Gasteiger charge is 2.23. The predicted molar refractivity (Wildman–Crippen MR) is 127 cm³/mol. The van der Waals surface area contributed by atoms with Crippen LogP contribution in [0.5, 0.6) is 0 Å². The van der Waals surface area contributed by atoms with Crippen molar-refractivity contribution in [1.29, 1.82) is 0 Å². The molecular weight excluding hydrogens is 484 g/mol. The van der Waals surface area contributed by atoms with Crippen molar-refractivity contribution < 1.29 is 27.9 Å². The average Bonchev–Trinajstić information content (AvgIpc) is 3.33. The number of nitrogens with zero attached hydrogens (tertiary/aromatic N) is 1. The normalized spacial score (nSPS) is 14.0. The van der Waals surface area contributed by atoms with Crippen LogP contribution in [0.3, 0.4) is 0 Å². The van der Waals surface area contributed by atoms with E-state index in [0.29, 0.717) is 6.54 Å². The summed E-state index contributed by atoms with van der Waals surface area (Å²) in [5.41, 5.74) is 4.71. The molecule has 3 rings (SSSR count). The third kappa shape index (κ3) is 8.29. The van der Waals surface area contributed by atoms with Crippen LogP contribution >= 0.6 is 11.6 Å². The summed E-state index contributed by atoms with van der Waals surface area (Å²) in [5.74, 6) is -3.44. The van der Waals surface area contributed by atoms with E-state index < -0.39 is 29.0 Å². The number of nitrogens with one attached hydrogen (secondary N) is 3. The van der Waals surface area contributed by atoms with E-state index in [1.165, 1.54) is 6.33 Å². The minimum absolute atomic E-state index is 0.0121. The summed E-state index contributed by atoms with van der Waals surface area (Å²) in [5, 5.41) is 5.21. The molecule has 1 fully saturated rings. The van der Waals surface area contributed by atoms with Gasteiger partial charge in [-0.1, -0.05) is 30.9 Å². The number of halogens is 3. The summed E-state index contributed by atoms with van der Waals surface area (Å²) in [6.45, 7) is 3.96. The first-order chi connectivity index (χ1) is 16.4. The van der Waals surface area contributed by atoms with E-state index in [0.717, 1.165) is 44.2 Å². The molecule has 1 aliphatic carbocycles. The molecule has 0 bridgehead atoms. The number of anilines is 1. The van der Waals surface area contributed by atoms with Gasteiger partial charge in [0.05, 0.1) is 22.6 Å². The molecule has 1 aromatic heterocycles. The van der Waals surface area contributed by atoms with E-state index in [-0.39, 0.29) is 33.9 Å². The van der Waals surface area contributed by atoms with E-state index in [9.17, 15) is 23.2 Å². The first-order valence-corrected chi connectivity index (χ1v) is 11.4. The van der Waals surface area contributed by atoms with Gasteiger partial charge in [-0.3, -0.25) is 14.4 Å². The Morgan fingerprint density at radius 2 is 1.83 bits per heavy atom. The molecule has 0 spiro atoms. The Morgan fingerprint density at radius 3 is 2.43 bits per heavy atom. The van der Waals surface area contributed by atoms with Gasteiger partial charge in [0, 0.05) is 25.6 Å². The summed E-state index contributed by atoms with van der Waals surface area (Å²) < 4.78 is 31.1. The van der Waals surface area contributed by atoms with Crippen LogP contribution in [0.4, 0.5) is 14.5 Å². The number of primary amides is 1. The van der Waals surface area contributed by atoms with Gasteiger partial charge in [0.15, 0.2) is 17.3 Å². The van der Waals surface area contributed by atoms with E-state index in [2.05, 4.69) is 20.6 Å². The number of aromatic nitrogens is 2. The van der Waals surface area contributed by atoms with Crippen LogP contribution in [-0.4, -0.2) is 46.9 Å². The molecule has 0 saturated heterocycles. The molecule has 2 aromatic rings. The van der Waals surface area contributed by atoms with E-state index in [1.807, 2.05) is 13.8 Å². The summed E-state index contributed by atoms with van der Waals surface area (Å²) in [7, 11) is 1.55. The van der Waals surface area contributed by atoms with Crippen LogP contribution in [-0.2, 0) is 9.53 Å². The second-order valence-corrected chi connectivity index (χ2v) is 9.11. The van der Waals surface area contributed by atoms with Crippen molar-refractivity contribution in [3.63, 3.8) is 0 Å². The maximum atomic E-state index is 13.1. The number of carbonyl (C=O) groups excluding carboxylic acids is 3. The second kappa shape index (κ2) is 12.6. The highest BCUT2D eigenvalue weighted by atomic mass is 35.5. The quantitative estimate of drug-likeness (QED) is 0.417. The summed E-state index contributed by atoms with van der Waals surface area (Å²) in [4.78, 5) is 40.9. The zero-order valence-corrected chi connectivity index (χ0v) is 20.6. The zero-order valence-electron chi connectivity index (χ0n) is 19.8. The topological polar surface area (TPSA) is 139 Å². The number of amides is 3. The number of hydrogen-bond acceptors (Lipinski definition) is 5. The number of hydrogen-bond donors (Lipinski definition) is 4. The van der Waals surface area contributed by atoms with Gasteiger partial charge >= 0.3 is 0 Å². The molecule has 35 heavy (non-hydrogen) atoms. The molecule has 0 radical (unpaired) electrons. The van der Waals surface area contributed by atoms with Gasteiger partial charge in [-0.05, 0) is 32.8 Å². The van der Waals surface area contributed by atoms with Crippen molar-refractivity contribution in [3.05, 3.63) is 46.5 Å². The highest BCUT2D eigenvalue weighted by Crippen LogP contribution is 2.28. The minimum atomic E-state index is -1.02. The molecule has 0 atom stereocenters. The highest BCUT2D eigenvalue weighted by molar-refractivity contribution is 6.33. The van der Waals surface area contributed by atoms with Gasteiger partial charge in [0.1, 0.15) is 5.69 Å². The molecule has 9 nitrogen and oxygen atoms in total. The molecule has 1 aliphatic rings. The van der Waals surface area contributed by atoms with E-state index in [4.69, 9.17) is 22.1 Å². The third-order valence-corrected chi connectivity index (χ3v) is 5.88. The van der Waals surface area contributed by atoms with Crippen LogP contribution in [0, 0.1) is 17.6 Å². The number of ether oxygens (including phenoxy) is 1. The molecule has 1 aromatic carbocycles. The third-order valence-electron chi connectivity index (χ3n) is 5.57. The van der Waals surface area contributed by atoms with E-state index in [1.54, 1.807) is 7.11 Å². The van der Waals surface area contributed by atoms with Gasteiger partial charge in [0.2, 0.25) is 5.91 Å². The molecule has 192 valence electrons. The first-order valence-electron chi connectivity index (χ1n) is 11.1. The molecule has 0 unspecified atom stereocenters. The van der Waals surface area contributed by atoms with Crippen LogP contribution in [0.25, 0.3) is 0 Å². The Hall–Kier alpha value is -3.05. The van der Waals surface area contributed by atoms with Crippen LogP contribution in [0.2, 0.25) is 5.02 Å². The van der Waals surface area contributed by atoms with Gasteiger partial charge in [-0.2, -0.15) is 0 Å². The number of benzene rings is 1. The Kier molecular flexibility index (Phi) is 10.1. The van der Waals surface area contributed by atoms with Gasteiger partial charge in [-0.15, -0.1) is 0 Å². The zero-order chi connectivity index (χ0) is 26.2. The molecule has 1 saturated carbocycles. The summed E-state index contributed by atoms with van der Waals surface area (Å²) in [6, 6.07) is 1.78. The fourth-order valence-corrected chi connectivity index (χ4v) is 3.52. The maximum Gasteiger partial charge on any atom is 0.270 e. The van der Waals surface area contributed by atoms with Crippen molar-refractivity contribution in [3.8, 4) is 0 Å². The Bertz CT molecular complexity index is 1050. The lowest BCUT2D eigenvalue weighted by Crippen LogP contribution is -2.40. The van der Waals surface area contributed by atoms with Gasteiger partial charge in [0.25, 0.3) is 11.8 Å². The lowest BCUT2D eigenvalue weighted by molar-refractivity contribution is -0.120. The predicted octanol–water partition coefficient (Wildman–Crippen LogP) is 3.80. The van der Waals surface area contributed by atoms with Crippen molar-refractivity contribution in [1.82, 2.24) is 15.3 Å². The standard InChI is InChI=1S/C13H14ClF2NO.C10H16N4O3/c14-9-6-10(15)11(16)7-12(9)17-13(18)8-4-2-1-3-5-8;1-10(2,17-3)4-12-9(16)7-6(8(11)15)13-5-14-7/h6-8H,1-5H2,(H,17,18);5H,4H2,1-3H3,(H2,11,15)(H,12,16)(H,13,14). The smallest absolute Gasteiger partial charge is 0.270 e. The van der Waals surface area contributed by atoms with E-state index >= 15 is 0 Å². The summed E-state index contributed by atoms with van der Waals surface area (Å²) >= 11 is 5.76. The second-order valence-electron chi connectivity index (χ2n) is 8.71. The van der Waals surface area contributed by atoms with Crippen molar-refractivity contribution in [2.45, 2.75) is 51.6 Å². The molecule has 0 aliphatic heterocycles. The number of imidazole rings is 1. The molecule has 12 heteroatoms. The summed E-state index contributed by atoms with van der Waals surface area (Å²) in [6.07, 6.45) is 6.14. The minimum Gasteiger partial charge on any atom is -0.377 e. The van der Waals surface area contributed by atoms with Crippen LogP contribution < -0.4 is 16.4 Å². The maximum absolute atomic E-state index is 13.1. The molecule has 5 N–H and O–H groups in total. The number of H-pyrrole nitrogens is 1. The fourth-order valence-electron chi connectivity index (χ4n) is 3.33. The largest absolute Gasteiger partial charge is 0.377 e. The number of rotatable bonds is 7. The Labute approximate surface area is 207 Å². The van der Waals surface area contributed by atoms with Gasteiger partial charge in [-0.25, -0.2) is 13.8 Å².